The molecule has 1 atom stereocenters. The molecule has 0 aliphatic rings. The Morgan fingerprint density at radius 1 is 1.08 bits per heavy atom. The number of hydrogen-bond acceptors (Lipinski definition) is 3. The number of amides is 1. The molecule has 0 saturated heterocycles. The zero-order chi connectivity index (χ0) is 17.6. The van der Waals surface area contributed by atoms with Crippen LogP contribution in [0.25, 0.3) is 16.2 Å². The van der Waals surface area contributed by atoms with Crippen molar-refractivity contribution in [2.75, 3.05) is 0 Å². The summed E-state index contributed by atoms with van der Waals surface area (Å²) in [6.07, 6.45) is 3.84. The molecular weight excluding hydrogens is 334 g/mol. The molecule has 126 valence electrons. The van der Waals surface area contributed by atoms with Crippen LogP contribution >= 0.6 is 11.3 Å². The topological polar surface area (TPSA) is 66.4 Å². The lowest BCUT2D eigenvalue weighted by Crippen LogP contribution is -2.40. The van der Waals surface area contributed by atoms with Gasteiger partial charge in [0.1, 0.15) is 6.04 Å². The maximum absolute atomic E-state index is 12.4. The van der Waals surface area contributed by atoms with E-state index in [-0.39, 0.29) is 12.3 Å². The minimum absolute atomic E-state index is 0.223. The van der Waals surface area contributed by atoms with Crippen molar-refractivity contribution >= 4 is 39.4 Å². The molecule has 1 amide bonds. The Kier molecular flexibility index (Phi) is 5.26. The van der Waals surface area contributed by atoms with E-state index in [1.807, 2.05) is 60.7 Å². The molecule has 0 saturated carbocycles. The monoisotopic (exact) mass is 351 g/mol. The molecule has 1 aromatic heterocycles. The van der Waals surface area contributed by atoms with E-state index in [9.17, 15) is 14.7 Å². The number of benzene rings is 2. The molecule has 25 heavy (non-hydrogen) atoms. The van der Waals surface area contributed by atoms with Gasteiger partial charge >= 0.3 is 5.97 Å². The van der Waals surface area contributed by atoms with Crippen LogP contribution in [0.5, 0.6) is 0 Å². The predicted octanol–water partition coefficient (Wildman–Crippen LogP) is 4.19. The van der Waals surface area contributed by atoms with Crippen LogP contribution in [0.3, 0.4) is 0 Å². The molecule has 1 heterocycles. The highest BCUT2D eigenvalue weighted by atomic mass is 32.1. The van der Waals surface area contributed by atoms with E-state index < -0.39 is 12.0 Å². The van der Waals surface area contributed by atoms with E-state index in [1.54, 1.807) is 12.1 Å². The molecule has 2 N–H and O–H groups in total. The quantitative estimate of drug-likeness (QED) is 0.700. The van der Waals surface area contributed by atoms with Crippen molar-refractivity contribution in [1.29, 1.82) is 0 Å². The molecule has 3 aromatic rings. The second-order valence-electron chi connectivity index (χ2n) is 5.56. The molecule has 4 nitrogen and oxygen atoms in total. The average Bonchev–Trinajstić information content (AvgIpc) is 3.06. The van der Waals surface area contributed by atoms with Crippen LogP contribution in [0.1, 0.15) is 21.7 Å². The smallest absolute Gasteiger partial charge is 0.326 e. The second-order valence-corrected chi connectivity index (χ2v) is 6.65. The van der Waals surface area contributed by atoms with Gasteiger partial charge in [0, 0.05) is 4.70 Å². The molecule has 0 radical (unpaired) electrons. The Bertz CT molecular complexity index is 882. The van der Waals surface area contributed by atoms with Gasteiger partial charge in [0.25, 0.3) is 5.91 Å². The van der Waals surface area contributed by atoms with Gasteiger partial charge in [0.2, 0.25) is 0 Å². The van der Waals surface area contributed by atoms with Crippen LogP contribution in [-0.2, 0) is 4.79 Å². The molecule has 0 bridgehead atoms. The Labute approximate surface area is 149 Å². The van der Waals surface area contributed by atoms with E-state index in [2.05, 4.69) is 5.32 Å². The van der Waals surface area contributed by atoms with Crippen molar-refractivity contribution in [3.63, 3.8) is 0 Å². The number of rotatable bonds is 6. The van der Waals surface area contributed by atoms with Gasteiger partial charge in [-0.25, -0.2) is 4.79 Å². The lowest BCUT2D eigenvalue weighted by atomic mass is 10.1. The molecule has 0 aliphatic heterocycles. The Morgan fingerprint density at radius 3 is 2.52 bits per heavy atom. The third kappa shape index (κ3) is 4.33. The van der Waals surface area contributed by atoms with Crippen molar-refractivity contribution in [3.8, 4) is 0 Å². The maximum atomic E-state index is 12.4. The van der Waals surface area contributed by atoms with Crippen molar-refractivity contribution in [2.45, 2.75) is 12.5 Å². The van der Waals surface area contributed by atoms with Crippen molar-refractivity contribution in [2.24, 2.45) is 0 Å². The number of carboxylic acid groups (broad SMARTS) is 1. The van der Waals surface area contributed by atoms with Gasteiger partial charge in [-0.1, -0.05) is 60.7 Å². The Balaban J connectivity index is 1.67. The molecular formula is C20H17NO3S. The van der Waals surface area contributed by atoms with E-state index in [4.69, 9.17) is 0 Å². The van der Waals surface area contributed by atoms with Gasteiger partial charge in [0.15, 0.2) is 0 Å². The summed E-state index contributed by atoms with van der Waals surface area (Å²) in [5.41, 5.74) is 0.988. The van der Waals surface area contributed by atoms with Crippen LogP contribution in [0.4, 0.5) is 0 Å². The lowest BCUT2D eigenvalue weighted by molar-refractivity contribution is -0.139. The highest BCUT2D eigenvalue weighted by Crippen LogP contribution is 2.25. The van der Waals surface area contributed by atoms with Crippen LogP contribution in [0, 0.1) is 0 Å². The first-order valence-corrected chi connectivity index (χ1v) is 8.69. The molecule has 0 aliphatic carbocycles. The zero-order valence-corrected chi connectivity index (χ0v) is 14.2. The number of carboxylic acids is 1. The van der Waals surface area contributed by atoms with Gasteiger partial charge in [0.05, 0.1) is 4.88 Å². The highest BCUT2D eigenvalue weighted by Gasteiger charge is 2.20. The fraction of sp³-hybridized carbons (Fsp3) is 0.100. The van der Waals surface area contributed by atoms with Gasteiger partial charge in [-0.15, -0.1) is 11.3 Å². The Hall–Kier alpha value is -2.92. The number of fused-ring (bicyclic) bond motifs is 1. The molecule has 3 rings (SSSR count). The third-order valence-electron chi connectivity index (χ3n) is 3.73. The SMILES string of the molecule is O=C(N[C@H](C/C=C/c1ccccc1)C(=O)O)c1cc2ccccc2s1. The summed E-state index contributed by atoms with van der Waals surface area (Å²) < 4.78 is 1.00. The lowest BCUT2D eigenvalue weighted by Gasteiger charge is -2.11. The van der Waals surface area contributed by atoms with Gasteiger partial charge in [-0.3, -0.25) is 4.79 Å². The Morgan fingerprint density at radius 2 is 1.80 bits per heavy atom. The normalized spacial score (nSPS) is 12.3. The summed E-state index contributed by atoms with van der Waals surface area (Å²) in [4.78, 5) is 24.3. The molecule has 0 spiro atoms. The van der Waals surface area contributed by atoms with Gasteiger partial charge in [-0.2, -0.15) is 0 Å². The fourth-order valence-electron chi connectivity index (χ4n) is 2.45. The summed E-state index contributed by atoms with van der Waals surface area (Å²) in [7, 11) is 0. The van der Waals surface area contributed by atoms with Crippen LogP contribution in [0.15, 0.2) is 66.7 Å². The number of thiophene rings is 1. The first kappa shape index (κ1) is 16.9. The summed E-state index contributed by atoms with van der Waals surface area (Å²) in [5.74, 6) is -1.41. The van der Waals surface area contributed by atoms with E-state index in [0.717, 1.165) is 15.6 Å². The zero-order valence-electron chi connectivity index (χ0n) is 13.4. The average molecular weight is 351 g/mol. The first-order valence-electron chi connectivity index (χ1n) is 7.87. The van der Waals surface area contributed by atoms with E-state index in [1.165, 1.54) is 11.3 Å². The fourth-order valence-corrected chi connectivity index (χ4v) is 3.41. The summed E-state index contributed by atoms with van der Waals surface area (Å²) in [6.45, 7) is 0. The van der Waals surface area contributed by atoms with Crippen molar-refractivity contribution in [1.82, 2.24) is 5.32 Å². The highest BCUT2D eigenvalue weighted by molar-refractivity contribution is 7.20. The largest absolute Gasteiger partial charge is 0.480 e. The summed E-state index contributed by atoms with van der Waals surface area (Å²) in [5, 5.41) is 12.9. The number of carbonyl (C=O) groups is 2. The number of carbonyl (C=O) groups excluding carboxylic acids is 1. The van der Waals surface area contributed by atoms with E-state index >= 15 is 0 Å². The number of aliphatic carboxylic acids is 1. The maximum Gasteiger partial charge on any atom is 0.326 e. The summed E-state index contributed by atoms with van der Waals surface area (Å²) >= 11 is 1.36. The molecule has 5 heteroatoms. The van der Waals surface area contributed by atoms with Crippen molar-refractivity contribution in [3.05, 3.63) is 77.2 Å². The van der Waals surface area contributed by atoms with Crippen LogP contribution in [0.2, 0.25) is 0 Å². The molecule has 0 fully saturated rings. The van der Waals surface area contributed by atoms with Gasteiger partial charge < -0.3 is 10.4 Å². The third-order valence-corrected chi connectivity index (χ3v) is 4.85. The first-order chi connectivity index (χ1) is 12.1. The second kappa shape index (κ2) is 7.77. The van der Waals surface area contributed by atoms with Crippen molar-refractivity contribution < 1.29 is 14.7 Å². The van der Waals surface area contributed by atoms with Crippen LogP contribution < -0.4 is 5.32 Å². The number of nitrogens with one attached hydrogen (secondary N) is 1. The minimum atomic E-state index is -1.05. The van der Waals surface area contributed by atoms with Gasteiger partial charge in [-0.05, 0) is 29.5 Å². The molecule has 0 unspecified atom stereocenters. The standard InChI is InChI=1S/C20H17NO3S/c22-19(18-13-15-10-4-5-12-17(15)25-18)21-16(20(23)24)11-6-9-14-7-2-1-3-8-14/h1-10,12-13,16H,11H2,(H,21,22)(H,23,24)/b9-6+/t16-/m1/s1. The van der Waals surface area contributed by atoms with Crippen LogP contribution in [-0.4, -0.2) is 23.0 Å². The van der Waals surface area contributed by atoms with E-state index in [0.29, 0.717) is 4.88 Å². The minimum Gasteiger partial charge on any atom is -0.480 e. The predicted molar refractivity (Wildman–Crippen MR) is 101 cm³/mol. The summed E-state index contributed by atoms with van der Waals surface area (Å²) in [6, 6.07) is 18.1. The molecule has 2 aromatic carbocycles. The number of hydrogen-bond donors (Lipinski definition) is 2.